The van der Waals surface area contributed by atoms with Crippen molar-refractivity contribution in [1.29, 1.82) is 0 Å². The van der Waals surface area contributed by atoms with Gasteiger partial charge in [-0.25, -0.2) is 13.8 Å². The van der Waals surface area contributed by atoms with Crippen LogP contribution >= 0.6 is 0 Å². The lowest BCUT2D eigenvalue weighted by atomic mass is 10.1. The molecule has 0 aliphatic heterocycles. The van der Waals surface area contributed by atoms with E-state index in [9.17, 15) is 22.0 Å². The molecule has 0 N–H and O–H groups in total. The molecule has 0 amide bonds. The lowest BCUT2D eigenvalue weighted by Gasteiger charge is -2.03. The molecule has 0 unspecified atom stereocenters. The van der Waals surface area contributed by atoms with Crippen LogP contribution in [0.5, 0.6) is 0 Å². The first-order valence-electron chi connectivity index (χ1n) is 7.77. The minimum atomic E-state index is -4.70. The molecule has 0 aliphatic carbocycles. The zero-order valence-corrected chi connectivity index (χ0v) is 14.0. The van der Waals surface area contributed by atoms with E-state index >= 15 is 0 Å². The molecule has 7 nitrogen and oxygen atoms in total. The second-order valence-corrected chi connectivity index (χ2v) is 5.51. The number of nitrogens with zero attached hydrogens (tertiary/aromatic N) is 5. The standard InChI is InChI=1S/C16H12F5N5O2/c17-13(18)8-27-23-5-12-7-26(9-22-12)6-10-1-3-11(4-2-10)14-24-15(28-25-14)16(19,20)21/h1-5,7,9,13H,6,8H2/b23-5+. The molecule has 12 heteroatoms. The number of halogens is 5. The molecule has 148 valence electrons. The van der Waals surface area contributed by atoms with Gasteiger partial charge in [0.25, 0.3) is 6.43 Å². The van der Waals surface area contributed by atoms with Crippen LogP contribution in [-0.2, 0) is 17.6 Å². The molecular weight excluding hydrogens is 389 g/mol. The van der Waals surface area contributed by atoms with Gasteiger partial charge in [-0.15, -0.1) is 0 Å². The summed E-state index contributed by atoms with van der Waals surface area (Å²) in [6, 6.07) is 6.52. The summed E-state index contributed by atoms with van der Waals surface area (Å²) in [5.41, 5.74) is 1.62. The molecule has 0 saturated heterocycles. The van der Waals surface area contributed by atoms with Gasteiger partial charge in [0.1, 0.15) is 5.69 Å². The molecule has 2 heterocycles. The Morgan fingerprint density at radius 1 is 1.21 bits per heavy atom. The van der Waals surface area contributed by atoms with Gasteiger partial charge < -0.3 is 13.9 Å². The topological polar surface area (TPSA) is 78.3 Å². The Kier molecular flexibility index (Phi) is 5.66. The number of benzene rings is 1. The van der Waals surface area contributed by atoms with E-state index in [0.717, 1.165) is 5.56 Å². The summed E-state index contributed by atoms with van der Waals surface area (Å²) in [6.07, 6.45) is -2.96. The number of aromatic nitrogens is 4. The van der Waals surface area contributed by atoms with Crippen molar-refractivity contribution in [2.24, 2.45) is 5.16 Å². The van der Waals surface area contributed by atoms with Crippen molar-refractivity contribution in [2.45, 2.75) is 19.1 Å². The molecule has 0 fully saturated rings. The van der Waals surface area contributed by atoms with Gasteiger partial charge in [0.2, 0.25) is 5.82 Å². The van der Waals surface area contributed by atoms with E-state index in [1.807, 2.05) is 0 Å². The number of alkyl halides is 5. The Morgan fingerprint density at radius 3 is 2.61 bits per heavy atom. The largest absolute Gasteiger partial charge is 0.471 e. The summed E-state index contributed by atoms with van der Waals surface area (Å²) < 4.78 is 67.3. The average Bonchev–Trinajstić information content (AvgIpc) is 3.29. The third-order valence-corrected chi connectivity index (χ3v) is 3.36. The Hall–Kier alpha value is -3.31. The van der Waals surface area contributed by atoms with Gasteiger partial charge >= 0.3 is 12.1 Å². The monoisotopic (exact) mass is 401 g/mol. The fraction of sp³-hybridized carbons (Fsp3) is 0.250. The lowest BCUT2D eigenvalue weighted by molar-refractivity contribution is -0.159. The highest BCUT2D eigenvalue weighted by atomic mass is 19.4. The lowest BCUT2D eigenvalue weighted by Crippen LogP contribution is -2.04. The number of imidazole rings is 1. The van der Waals surface area contributed by atoms with Crippen LogP contribution in [0.3, 0.4) is 0 Å². The summed E-state index contributed by atoms with van der Waals surface area (Å²) in [5.74, 6) is -1.57. The normalized spacial score (nSPS) is 12.2. The second-order valence-electron chi connectivity index (χ2n) is 5.51. The van der Waals surface area contributed by atoms with E-state index < -0.39 is 25.1 Å². The maximum absolute atomic E-state index is 12.5. The van der Waals surface area contributed by atoms with Crippen LogP contribution in [0.1, 0.15) is 17.1 Å². The first-order chi connectivity index (χ1) is 13.3. The van der Waals surface area contributed by atoms with Crippen molar-refractivity contribution in [2.75, 3.05) is 6.61 Å². The first kappa shape index (κ1) is 19.5. The van der Waals surface area contributed by atoms with Crippen LogP contribution in [-0.4, -0.2) is 38.9 Å². The highest BCUT2D eigenvalue weighted by Crippen LogP contribution is 2.29. The fourth-order valence-corrected chi connectivity index (χ4v) is 2.15. The molecule has 2 aromatic heterocycles. The van der Waals surface area contributed by atoms with Crippen LogP contribution in [0.15, 0.2) is 46.5 Å². The van der Waals surface area contributed by atoms with Crippen LogP contribution in [0, 0.1) is 0 Å². The van der Waals surface area contributed by atoms with Gasteiger partial charge in [-0.3, -0.25) is 0 Å². The predicted octanol–water partition coefficient (Wildman–Crippen LogP) is 3.62. The van der Waals surface area contributed by atoms with Crippen molar-refractivity contribution in [3.05, 3.63) is 53.9 Å². The molecule has 0 spiro atoms. The van der Waals surface area contributed by atoms with E-state index in [4.69, 9.17) is 0 Å². The van der Waals surface area contributed by atoms with E-state index in [1.165, 1.54) is 12.5 Å². The summed E-state index contributed by atoms with van der Waals surface area (Å²) in [6.45, 7) is -0.381. The molecule has 3 aromatic rings. The second kappa shape index (κ2) is 8.15. The quantitative estimate of drug-likeness (QED) is 0.343. The van der Waals surface area contributed by atoms with Gasteiger partial charge in [-0.05, 0) is 5.56 Å². The molecule has 0 saturated carbocycles. The Morgan fingerprint density at radius 2 is 1.96 bits per heavy atom. The van der Waals surface area contributed by atoms with Crippen LogP contribution in [0.4, 0.5) is 22.0 Å². The molecule has 28 heavy (non-hydrogen) atoms. The van der Waals surface area contributed by atoms with Crippen LogP contribution in [0.25, 0.3) is 11.4 Å². The Bertz CT molecular complexity index is 934. The third kappa shape index (κ3) is 5.11. The van der Waals surface area contributed by atoms with E-state index in [0.29, 0.717) is 17.8 Å². The maximum Gasteiger partial charge on any atom is 0.471 e. The molecular formula is C16H12F5N5O2. The number of oxime groups is 1. The SMILES string of the molecule is FC(F)CO/N=C/c1cn(Cc2ccc(-c3noc(C(F)(F)F)n3)cc2)cn1. The fourth-order valence-electron chi connectivity index (χ4n) is 2.15. The van der Waals surface area contributed by atoms with Crippen molar-refractivity contribution < 1.29 is 31.3 Å². The number of hydrogen-bond donors (Lipinski definition) is 0. The van der Waals surface area contributed by atoms with Crippen LogP contribution < -0.4 is 0 Å². The molecule has 3 rings (SSSR count). The van der Waals surface area contributed by atoms with Crippen molar-refractivity contribution in [3.63, 3.8) is 0 Å². The Labute approximate surface area is 154 Å². The van der Waals surface area contributed by atoms with Crippen LogP contribution in [0.2, 0.25) is 0 Å². The minimum absolute atomic E-state index is 0.163. The highest BCUT2D eigenvalue weighted by Gasteiger charge is 2.38. The van der Waals surface area contributed by atoms with Gasteiger partial charge in [-0.2, -0.15) is 18.2 Å². The Balaban J connectivity index is 1.61. The van der Waals surface area contributed by atoms with E-state index in [-0.39, 0.29) is 5.82 Å². The van der Waals surface area contributed by atoms with Crippen molar-refractivity contribution in [3.8, 4) is 11.4 Å². The maximum atomic E-state index is 12.5. The highest BCUT2D eigenvalue weighted by molar-refractivity contribution is 5.75. The zero-order valence-electron chi connectivity index (χ0n) is 14.0. The van der Waals surface area contributed by atoms with Crippen molar-refractivity contribution in [1.82, 2.24) is 19.7 Å². The third-order valence-electron chi connectivity index (χ3n) is 3.36. The molecule has 0 bridgehead atoms. The molecule has 0 radical (unpaired) electrons. The molecule has 0 atom stereocenters. The minimum Gasteiger partial charge on any atom is -0.390 e. The van der Waals surface area contributed by atoms with E-state index in [2.05, 4.69) is 29.6 Å². The molecule has 1 aromatic carbocycles. The first-order valence-corrected chi connectivity index (χ1v) is 7.77. The predicted molar refractivity (Wildman–Crippen MR) is 85.6 cm³/mol. The average molecular weight is 401 g/mol. The number of rotatable bonds is 7. The van der Waals surface area contributed by atoms with Gasteiger partial charge in [0.05, 0.1) is 12.5 Å². The summed E-state index contributed by atoms with van der Waals surface area (Å²) in [5, 5.41) is 6.70. The van der Waals surface area contributed by atoms with Crippen molar-refractivity contribution >= 4 is 6.21 Å². The zero-order chi connectivity index (χ0) is 20.1. The smallest absolute Gasteiger partial charge is 0.390 e. The summed E-state index contributed by atoms with van der Waals surface area (Å²) in [4.78, 5) is 11.7. The number of hydrogen-bond acceptors (Lipinski definition) is 6. The van der Waals surface area contributed by atoms with Gasteiger partial charge in [-0.1, -0.05) is 34.6 Å². The van der Waals surface area contributed by atoms with E-state index in [1.54, 1.807) is 35.0 Å². The summed E-state index contributed by atoms with van der Waals surface area (Å²) in [7, 11) is 0. The molecule has 0 aliphatic rings. The summed E-state index contributed by atoms with van der Waals surface area (Å²) >= 11 is 0. The van der Waals surface area contributed by atoms with Gasteiger partial charge in [0.15, 0.2) is 6.61 Å². The van der Waals surface area contributed by atoms with Gasteiger partial charge in [0, 0.05) is 18.3 Å².